The highest BCUT2D eigenvalue weighted by Gasteiger charge is 2.34. The molecule has 0 aromatic rings. The zero-order chi connectivity index (χ0) is 13.2. The van der Waals surface area contributed by atoms with Crippen LogP contribution in [-0.2, 0) is 4.79 Å². The van der Waals surface area contributed by atoms with E-state index >= 15 is 0 Å². The highest BCUT2D eigenvalue weighted by atomic mass is 16.2. The van der Waals surface area contributed by atoms with Crippen molar-refractivity contribution >= 4 is 5.91 Å². The molecule has 0 bridgehead atoms. The number of hydrogen-bond donors (Lipinski definition) is 1. The van der Waals surface area contributed by atoms with Crippen molar-refractivity contribution in [2.75, 3.05) is 33.2 Å². The number of nitrogens with zero attached hydrogens (tertiary/aromatic N) is 2. The average molecular weight is 265 g/mol. The van der Waals surface area contributed by atoms with E-state index in [9.17, 15) is 4.79 Å². The molecule has 1 aliphatic carbocycles. The highest BCUT2D eigenvalue weighted by Crippen LogP contribution is 2.24. The Kier molecular flexibility index (Phi) is 4.08. The van der Waals surface area contributed by atoms with Gasteiger partial charge in [0.2, 0.25) is 5.91 Å². The van der Waals surface area contributed by atoms with Crippen LogP contribution in [0.4, 0.5) is 0 Å². The van der Waals surface area contributed by atoms with Crippen LogP contribution >= 0.6 is 0 Å². The predicted octanol–water partition coefficient (Wildman–Crippen LogP) is 1.07. The summed E-state index contributed by atoms with van der Waals surface area (Å²) in [5, 5.41) is 3.52. The molecular weight excluding hydrogens is 238 g/mol. The maximum atomic E-state index is 12.5. The van der Waals surface area contributed by atoms with Crippen molar-refractivity contribution in [2.45, 2.75) is 50.6 Å². The van der Waals surface area contributed by atoms with E-state index in [1.54, 1.807) is 0 Å². The van der Waals surface area contributed by atoms with E-state index < -0.39 is 0 Å². The molecule has 108 valence electrons. The Labute approximate surface area is 116 Å². The quantitative estimate of drug-likeness (QED) is 0.826. The van der Waals surface area contributed by atoms with E-state index in [0.29, 0.717) is 11.9 Å². The van der Waals surface area contributed by atoms with Crippen molar-refractivity contribution in [1.82, 2.24) is 15.1 Å². The molecule has 3 rings (SSSR count). The van der Waals surface area contributed by atoms with Gasteiger partial charge in [-0.3, -0.25) is 4.79 Å². The van der Waals surface area contributed by atoms with Crippen LogP contribution in [0.15, 0.2) is 0 Å². The third kappa shape index (κ3) is 3.48. The van der Waals surface area contributed by atoms with E-state index in [-0.39, 0.29) is 6.04 Å². The van der Waals surface area contributed by atoms with Gasteiger partial charge in [0, 0.05) is 19.1 Å². The summed E-state index contributed by atoms with van der Waals surface area (Å²) in [6, 6.07) is 0.754. The number of likely N-dealkylation sites (tertiary alicyclic amines) is 2. The van der Waals surface area contributed by atoms with Crippen LogP contribution in [0.5, 0.6) is 0 Å². The molecule has 0 spiro atoms. The van der Waals surface area contributed by atoms with Crippen LogP contribution in [0.2, 0.25) is 0 Å². The largest absolute Gasteiger partial charge is 0.341 e. The first-order valence-electron chi connectivity index (χ1n) is 7.96. The Morgan fingerprint density at radius 3 is 2.53 bits per heavy atom. The first-order chi connectivity index (χ1) is 9.22. The minimum atomic E-state index is 0.118. The summed E-state index contributed by atoms with van der Waals surface area (Å²) in [5.41, 5.74) is 0. The van der Waals surface area contributed by atoms with Crippen molar-refractivity contribution in [3.8, 4) is 0 Å². The summed E-state index contributed by atoms with van der Waals surface area (Å²) in [5.74, 6) is 1.09. The fourth-order valence-corrected chi connectivity index (χ4v) is 3.37. The van der Waals surface area contributed by atoms with Gasteiger partial charge in [0.1, 0.15) is 0 Å². The van der Waals surface area contributed by atoms with E-state index in [1.807, 2.05) is 0 Å². The van der Waals surface area contributed by atoms with Crippen LogP contribution in [0.3, 0.4) is 0 Å². The molecule has 1 atom stereocenters. The molecule has 2 aliphatic heterocycles. The van der Waals surface area contributed by atoms with Crippen LogP contribution in [0, 0.1) is 5.92 Å². The molecule has 2 heterocycles. The molecule has 1 saturated carbocycles. The molecule has 2 saturated heterocycles. The molecule has 1 N–H and O–H groups in total. The van der Waals surface area contributed by atoms with Gasteiger partial charge in [-0.1, -0.05) is 0 Å². The third-order valence-electron chi connectivity index (χ3n) is 4.86. The molecule has 0 aromatic carbocycles. The molecule has 0 radical (unpaired) electrons. The molecule has 0 aromatic heterocycles. The van der Waals surface area contributed by atoms with E-state index in [0.717, 1.165) is 25.4 Å². The monoisotopic (exact) mass is 265 g/mol. The second kappa shape index (κ2) is 5.80. The SMILES string of the molecule is CN1CCC(CN2CCCC(NC3CC3)C2=O)CC1. The summed E-state index contributed by atoms with van der Waals surface area (Å²) in [6.45, 7) is 4.36. The fraction of sp³-hybridized carbons (Fsp3) is 0.933. The molecule has 4 nitrogen and oxygen atoms in total. The summed E-state index contributed by atoms with van der Waals surface area (Å²) < 4.78 is 0. The van der Waals surface area contributed by atoms with Gasteiger partial charge in [0.25, 0.3) is 0 Å². The molecule has 3 aliphatic rings. The molecular formula is C15H27N3O. The molecule has 1 amide bonds. The van der Waals surface area contributed by atoms with Gasteiger partial charge < -0.3 is 15.1 Å². The normalized spacial score (nSPS) is 30.9. The molecule has 19 heavy (non-hydrogen) atoms. The average Bonchev–Trinajstić information content (AvgIpc) is 3.21. The number of nitrogens with one attached hydrogen (secondary N) is 1. The van der Waals surface area contributed by atoms with Crippen molar-refractivity contribution in [3.63, 3.8) is 0 Å². The summed E-state index contributed by atoms with van der Waals surface area (Å²) in [6.07, 6.45) is 7.24. The second-order valence-corrected chi connectivity index (χ2v) is 6.67. The topological polar surface area (TPSA) is 35.6 Å². The van der Waals surface area contributed by atoms with Gasteiger partial charge in [0.15, 0.2) is 0 Å². The number of amides is 1. The number of piperidine rings is 2. The lowest BCUT2D eigenvalue weighted by atomic mass is 9.95. The summed E-state index contributed by atoms with van der Waals surface area (Å²) in [7, 11) is 2.19. The van der Waals surface area contributed by atoms with Crippen LogP contribution in [0.1, 0.15) is 38.5 Å². The number of rotatable bonds is 4. The van der Waals surface area contributed by atoms with Crippen molar-refractivity contribution in [2.24, 2.45) is 5.92 Å². The number of carbonyl (C=O) groups is 1. The van der Waals surface area contributed by atoms with Crippen LogP contribution in [-0.4, -0.2) is 61.0 Å². The molecule has 1 unspecified atom stereocenters. The van der Waals surface area contributed by atoms with Gasteiger partial charge in [-0.05, 0) is 64.6 Å². The van der Waals surface area contributed by atoms with E-state index in [2.05, 4.69) is 22.2 Å². The minimum Gasteiger partial charge on any atom is -0.341 e. The fourth-order valence-electron chi connectivity index (χ4n) is 3.37. The first-order valence-corrected chi connectivity index (χ1v) is 7.96. The Bertz CT molecular complexity index is 321. The van der Waals surface area contributed by atoms with Gasteiger partial charge in [-0.15, -0.1) is 0 Å². The predicted molar refractivity (Wildman–Crippen MR) is 76.0 cm³/mol. The maximum absolute atomic E-state index is 12.5. The third-order valence-corrected chi connectivity index (χ3v) is 4.86. The Morgan fingerprint density at radius 1 is 1.11 bits per heavy atom. The summed E-state index contributed by atoms with van der Waals surface area (Å²) in [4.78, 5) is 17.0. The summed E-state index contributed by atoms with van der Waals surface area (Å²) >= 11 is 0. The minimum absolute atomic E-state index is 0.118. The number of carbonyl (C=O) groups excluding carboxylic acids is 1. The van der Waals surface area contributed by atoms with Crippen LogP contribution < -0.4 is 5.32 Å². The van der Waals surface area contributed by atoms with E-state index in [4.69, 9.17) is 0 Å². The Morgan fingerprint density at radius 2 is 1.84 bits per heavy atom. The second-order valence-electron chi connectivity index (χ2n) is 6.67. The molecule has 4 heteroatoms. The van der Waals surface area contributed by atoms with Gasteiger partial charge in [0.05, 0.1) is 6.04 Å². The lowest BCUT2D eigenvalue weighted by Gasteiger charge is -2.37. The smallest absolute Gasteiger partial charge is 0.239 e. The zero-order valence-corrected chi connectivity index (χ0v) is 12.1. The highest BCUT2D eigenvalue weighted by molar-refractivity contribution is 5.82. The molecule has 3 fully saturated rings. The Balaban J connectivity index is 1.50. The lowest BCUT2D eigenvalue weighted by molar-refractivity contribution is -0.137. The van der Waals surface area contributed by atoms with Crippen molar-refractivity contribution in [3.05, 3.63) is 0 Å². The standard InChI is InChI=1S/C15H27N3O/c1-17-9-6-12(7-10-17)11-18-8-2-3-14(15(18)19)16-13-4-5-13/h12-14,16H,2-11H2,1H3. The first kappa shape index (κ1) is 13.4. The maximum Gasteiger partial charge on any atom is 0.239 e. The van der Waals surface area contributed by atoms with E-state index in [1.165, 1.54) is 45.2 Å². The van der Waals surface area contributed by atoms with Crippen LogP contribution in [0.25, 0.3) is 0 Å². The van der Waals surface area contributed by atoms with Crippen molar-refractivity contribution in [1.29, 1.82) is 0 Å². The Hall–Kier alpha value is -0.610. The zero-order valence-electron chi connectivity index (χ0n) is 12.1. The van der Waals surface area contributed by atoms with Gasteiger partial charge in [-0.25, -0.2) is 0 Å². The lowest BCUT2D eigenvalue weighted by Crippen LogP contribution is -2.52. The van der Waals surface area contributed by atoms with Gasteiger partial charge >= 0.3 is 0 Å². The number of hydrogen-bond acceptors (Lipinski definition) is 3. The van der Waals surface area contributed by atoms with Gasteiger partial charge in [-0.2, -0.15) is 0 Å². The van der Waals surface area contributed by atoms with Crippen molar-refractivity contribution < 1.29 is 4.79 Å².